The van der Waals surface area contributed by atoms with Crippen LogP contribution in [-0.2, 0) is 9.59 Å². The summed E-state index contributed by atoms with van der Waals surface area (Å²) < 4.78 is 10.2. The topological polar surface area (TPSA) is 93.5 Å². The maximum absolute atomic E-state index is 11.8. The van der Waals surface area contributed by atoms with Gasteiger partial charge in [-0.25, -0.2) is 4.98 Å². The SMILES string of the molecule is CCCCNC(=O)C(=O)Nc1ccc(-c2cocn2)c(OC)c1. The molecule has 0 radical (unpaired) electrons. The zero-order chi connectivity index (χ0) is 16.7. The van der Waals surface area contributed by atoms with E-state index in [2.05, 4.69) is 15.6 Å². The molecule has 1 aromatic heterocycles. The van der Waals surface area contributed by atoms with Gasteiger partial charge in [0.1, 0.15) is 17.7 Å². The summed E-state index contributed by atoms with van der Waals surface area (Å²) in [5.41, 5.74) is 1.81. The molecule has 0 unspecified atom stereocenters. The molecule has 0 saturated carbocycles. The summed E-state index contributed by atoms with van der Waals surface area (Å²) >= 11 is 0. The summed E-state index contributed by atoms with van der Waals surface area (Å²) in [5, 5.41) is 5.10. The summed E-state index contributed by atoms with van der Waals surface area (Å²) in [4.78, 5) is 27.5. The monoisotopic (exact) mass is 317 g/mol. The fourth-order valence-corrected chi connectivity index (χ4v) is 1.97. The van der Waals surface area contributed by atoms with Gasteiger partial charge >= 0.3 is 11.8 Å². The first-order valence-electron chi connectivity index (χ1n) is 7.31. The Labute approximate surface area is 134 Å². The van der Waals surface area contributed by atoms with Crippen LogP contribution in [0.4, 0.5) is 5.69 Å². The summed E-state index contributed by atoms with van der Waals surface area (Å²) in [5.74, 6) is -0.849. The molecule has 7 heteroatoms. The molecule has 0 fully saturated rings. The molecule has 0 atom stereocenters. The Morgan fingerprint density at radius 2 is 2.13 bits per heavy atom. The van der Waals surface area contributed by atoms with Crippen LogP contribution < -0.4 is 15.4 Å². The smallest absolute Gasteiger partial charge is 0.313 e. The van der Waals surface area contributed by atoms with E-state index in [1.807, 2.05) is 6.92 Å². The molecule has 122 valence electrons. The minimum Gasteiger partial charge on any atom is -0.496 e. The Bertz CT molecular complexity index is 668. The highest BCUT2D eigenvalue weighted by atomic mass is 16.5. The minimum absolute atomic E-state index is 0.463. The molecule has 0 aliphatic heterocycles. The number of carbonyl (C=O) groups is 2. The van der Waals surface area contributed by atoms with Crippen molar-refractivity contribution in [3.63, 3.8) is 0 Å². The molecule has 0 aliphatic rings. The second-order valence-corrected chi connectivity index (χ2v) is 4.85. The Morgan fingerprint density at radius 1 is 1.30 bits per heavy atom. The van der Waals surface area contributed by atoms with Gasteiger partial charge in [0.25, 0.3) is 0 Å². The molecule has 2 aromatic rings. The fourth-order valence-electron chi connectivity index (χ4n) is 1.97. The van der Waals surface area contributed by atoms with Gasteiger partial charge in [0.05, 0.1) is 7.11 Å². The average Bonchev–Trinajstić information content (AvgIpc) is 3.09. The summed E-state index contributed by atoms with van der Waals surface area (Å²) in [7, 11) is 1.52. The highest BCUT2D eigenvalue weighted by Gasteiger charge is 2.15. The Balaban J connectivity index is 2.06. The molecule has 0 aliphatic carbocycles. The Kier molecular flexibility index (Phi) is 5.74. The van der Waals surface area contributed by atoms with Gasteiger partial charge in [0, 0.05) is 23.9 Å². The molecule has 0 spiro atoms. The number of nitrogens with one attached hydrogen (secondary N) is 2. The molecule has 1 heterocycles. The van der Waals surface area contributed by atoms with Crippen molar-refractivity contribution in [3.8, 4) is 17.0 Å². The average molecular weight is 317 g/mol. The molecule has 0 saturated heterocycles. The van der Waals surface area contributed by atoms with E-state index in [1.54, 1.807) is 18.2 Å². The minimum atomic E-state index is -0.711. The molecule has 2 amide bonds. The number of hydrogen-bond donors (Lipinski definition) is 2. The zero-order valence-corrected chi connectivity index (χ0v) is 13.1. The third-order valence-corrected chi connectivity index (χ3v) is 3.19. The third kappa shape index (κ3) is 4.32. The predicted octanol–water partition coefficient (Wildman–Crippen LogP) is 2.20. The van der Waals surface area contributed by atoms with E-state index in [-0.39, 0.29) is 0 Å². The summed E-state index contributed by atoms with van der Waals surface area (Å²) in [6.45, 7) is 2.49. The predicted molar refractivity (Wildman–Crippen MR) is 85.0 cm³/mol. The number of benzene rings is 1. The van der Waals surface area contributed by atoms with Crippen molar-refractivity contribution >= 4 is 17.5 Å². The number of hydrogen-bond acceptors (Lipinski definition) is 5. The highest BCUT2D eigenvalue weighted by Crippen LogP contribution is 2.31. The van der Waals surface area contributed by atoms with Gasteiger partial charge in [-0.1, -0.05) is 13.3 Å². The van der Waals surface area contributed by atoms with Gasteiger partial charge in [-0.05, 0) is 18.6 Å². The van der Waals surface area contributed by atoms with Crippen LogP contribution in [0, 0.1) is 0 Å². The summed E-state index contributed by atoms with van der Waals surface area (Å²) in [6.07, 6.45) is 4.60. The van der Waals surface area contributed by atoms with Crippen LogP contribution in [0.25, 0.3) is 11.3 Å². The van der Waals surface area contributed by atoms with Crippen molar-refractivity contribution in [1.82, 2.24) is 10.3 Å². The number of unbranched alkanes of at least 4 members (excludes halogenated alkanes) is 1. The molecule has 1 aromatic carbocycles. The lowest BCUT2D eigenvalue weighted by Crippen LogP contribution is -2.35. The second-order valence-electron chi connectivity index (χ2n) is 4.85. The fraction of sp³-hybridized carbons (Fsp3) is 0.312. The van der Waals surface area contributed by atoms with E-state index < -0.39 is 11.8 Å². The lowest BCUT2D eigenvalue weighted by atomic mass is 10.1. The number of amides is 2. The van der Waals surface area contributed by atoms with Crippen molar-refractivity contribution in [3.05, 3.63) is 30.9 Å². The van der Waals surface area contributed by atoms with Crippen LogP contribution in [0.2, 0.25) is 0 Å². The lowest BCUT2D eigenvalue weighted by Gasteiger charge is -2.10. The van der Waals surface area contributed by atoms with E-state index in [0.29, 0.717) is 23.7 Å². The van der Waals surface area contributed by atoms with Crippen LogP contribution in [0.3, 0.4) is 0 Å². The molecular weight excluding hydrogens is 298 g/mol. The number of methoxy groups -OCH3 is 1. The standard InChI is InChI=1S/C16H19N3O4/c1-3-4-7-17-15(20)16(21)19-11-5-6-12(14(8-11)22-2)13-9-23-10-18-13/h5-6,8-10H,3-4,7H2,1-2H3,(H,17,20)(H,19,21). The van der Waals surface area contributed by atoms with Gasteiger partial charge in [-0.3, -0.25) is 9.59 Å². The van der Waals surface area contributed by atoms with Gasteiger partial charge in [-0.15, -0.1) is 0 Å². The molecule has 23 heavy (non-hydrogen) atoms. The number of nitrogens with zero attached hydrogens (tertiary/aromatic N) is 1. The number of carbonyl (C=O) groups excluding carboxylic acids is 2. The second kappa shape index (κ2) is 7.98. The normalized spacial score (nSPS) is 10.2. The van der Waals surface area contributed by atoms with Crippen molar-refractivity contribution in [1.29, 1.82) is 0 Å². The van der Waals surface area contributed by atoms with E-state index in [9.17, 15) is 9.59 Å². The largest absolute Gasteiger partial charge is 0.496 e. The summed E-state index contributed by atoms with van der Waals surface area (Å²) in [6, 6.07) is 5.03. The van der Waals surface area contributed by atoms with Gasteiger partial charge in [0.2, 0.25) is 0 Å². The highest BCUT2D eigenvalue weighted by molar-refractivity contribution is 6.39. The maximum Gasteiger partial charge on any atom is 0.313 e. The van der Waals surface area contributed by atoms with Crippen LogP contribution in [-0.4, -0.2) is 30.5 Å². The first-order valence-corrected chi connectivity index (χ1v) is 7.31. The number of oxazole rings is 1. The zero-order valence-electron chi connectivity index (χ0n) is 13.1. The van der Waals surface area contributed by atoms with E-state index >= 15 is 0 Å². The van der Waals surface area contributed by atoms with Crippen LogP contribution in [0.15, 0.2) is 35.3 Å². The number of ether oxygens (including phenoxy) is 1. The number of aromatic nitrogens is 1. The first kappa shape index (κ1) is 16.5. The van der Waals surface area contributed by atoms with Crippen LogP contribution >= 0.6 is 0 Å². The van der Waals surface area contributed by atoms with Crippen molar-refractivity contribution in [2.45, 2.75) is 19.8 Å². The van der Waals surface area contributed by atoms with Crippen molar-refractivity contribution < 1.29 is 18.7 Å². The maximum atomic E-state index is 11.8. The lowest BCUT2D eigenvalue weighted by molar-refractivity contribution is -0.136. The number of rotatable bonds is 6. The van der Waals surface area contributed by atoms with Crippen molar-refractivity contribution in [2.24, 2.45) is 0 Å². The molecule has 7 nitrogen and oxygen atoms in total. The van der Waals surface area contributed by atoms with Crippen LogP contribution in [0.5, 0.6) is 5.75 Å². The Morgan fingerprint density at radius 3 is 2.78 bits per heavy atom. The van der Waals surface area contributed by atoms with E-state index in [1.165, 1.54) is 19.8 Å². The first-order chi connectivity index (χ1) is 11.2. The van der Waals surface area contributed by atoms with Crippen molar-refractivity contribution in [2.75, 3.05) is 19.0 Å². The van der Waals surface area contributed by atoms with E-state index in [4.69, 9.17) is 9.15 Å². The molecule has 2 rings (SSSR count). The molecule has 0 bridgehead atoms. The van der Waals surface area contributed by atoms with Crippen LogP contribution in [0.1, 0.15) is 19.8 Å². The van der Waals surface area contributed by atoms with Gasteiger partial charge < -0.3 is 19.8 Å². The molecular formula is C16H19N3O4. The Hall–Kier alpha value is -2.83. The molecule has 2 N–H and O–H groups in total. The van der Waals surface area contributed by atoms with E-state index in [0.717, 1.165) is 18.4 Å². The van der Waals surface area contributed by atoms with Gasteiger partial charge in [-0.2, -0.15) is 0 Å². The van der Waals surface area contributed by atoms with Gasteiger partial charge in [0.15, 0.2) is 6.39 Å². The third-order valence-electron chi connectivity index (χ3n) is 3.19. The quantitative estimate of drug-likeness (QED) is 0.629. The number of anilines is 1.